The zero-order chi connectivity index (χ0) is 14.8. The number of para-hydroxylation sites is 1. The first-order chi connectivity index (χ1) is 10.2. The zero-order valence-electron chi connectivity index (χ0n) is 11.4. The van der Waals surface area contributed by atoms with Gasteiger partial charge in [0.2, 0.25) is 0 Å². The van der Waals surface area contributed by atoms with Gasteiger partial charge in [0.1, 0.15) is 11.6 Å². The molecule has 4 heteroatoms. The minimum Gasteiger partial charge on any atom is -0.493 e. The predicted octanol–water partition coefficient (Wildman–Crippen LogP) is 4.47. The van der Waals surface area contributed by atoms with Crippen LogP contribution >= 0.6 is 11.6 Å². The number of aliphatic hydroxyl groups is 1. The van der Waals surface area contributed by atoms with Crippen LogP contribution in [0.1, 0.15) is 36.0 Å². The van der Waals surface area contributed by atoms with E-state index in [1.54, 1.807) is 6.07 Å². The fourth-order valence-electron chi connectivity index (χ4n) is 2.88. The first kappa shape index (κ1) is 14.4. The van der Waals surface area contributed by atoms with Crippen molar-refractivity contribution in [3.8, 4) is 5.75 Å². The van der Waals surface area contributed by atoms with Crippen molar-refractivity contribution in [2.75, 3.05) is 6.61 Å². The Labute approximate surface area is 128 Å². The normalized spacial score (nSPS) is 18.7. The van der Waals surface area contributed by atoms with Crippen LogP contribution in [0.2, 0.25) is 5.02 Å². The van der Waals surface area contributed by atoms with Crippen LogP contribution in [0.4, 0.5) is 4.39 Å². The minimum atomic E-state index is -0.921. The summed E-state index contributed by atoms with van der Waals surface area (Å²) in [4.78, 5) is 0. The zero-order valence-corrected chi connectivity index (χ0v) is 12.2. The van der Waals surface area contributed by atoms with Crippen LogP contribution in [0.3, 0.4) is 0 Å². The van der Waals surface area contributed by atoms with E-state index in [2.05, 4.69) is 0 Å². The Hall–Kier alpha value is -1.58. The lowest BCUT2D eigenvalue weighted by Gasteiger charge is -2.27. The molecular formula is C17H16ClFO2. The molecule has 2 aromatic carbocycles. The molecule has 0 spiro atoms. The van der Waals surface area contributed by atoms with E-state index in [4.69, 9.17) is 16.3 Å². The Balaban J connectivity index is 1.85. The number of aliphatic hydroxyl groups excluding tert-OH is 1. The van der Waals surface area contributed by atoms with Gasteiger partial charge in [0.15, 0.2) is 0 Å². The third kappa shape index (κ3) is 2.89. The molecule has 0 aliphatic carbocycles. The summed E-state index contributed by atoms with van der Waals surface area (Å²) < 4.78 is 19.5. The van der Waals surface area contributed by atoms with E-state index in [1.165, 1.54) is 12.1 Å². The third-order valence-corrected chi connectivity index (χ3v) is 4.25. The van der Waals surface area contributed by atoms with Crippen LogP contribution in [-0.2, 0) is 0 Å². The van der Waals surface area contributed by atoms with E-state index >= 15 is 0 Å². The SMILES string of the molecule is OC(CC1CCOc2ccccc21)c1c(F)cccc1Cl. The molecule has 0 fully saturated rings. The van der Waals surface area contributed by atoms with Gasteiger partial charge in [-0.25, -0.2) is 4.39 Å². The van der Waals surface area contributed by atoms with E-state index < -0.39 is 11.9 Å². The molecule has 1 N–H and O–H groups in total. The largest absolute Gasteiger partial charge is 0.493 e. The highest BCUT2D eigenvalue weighted by molar-refractivity contribution is 6.31. The molecule has 2 nitrogen and oxygen atoms in total. The van der Waals surface area contributed by atoms with Crippen LogP contribution in [0.15, 0.2) is 42.5 Å². The number of ether oxygens (including phenoxy) is 1. The number of rotatable bonds is 3. The van der Waals surface area contributed by atoms with Gasteiger partial charge < -0.3 is 9.84 Å². The fourth-order valence-corrected chi connectivity index (χ4v) is 3.17. The standard InChI is InChI=1S/C17H16ClFO2/c18-13-5-3-6-14(19)17(13)15(20)10-11-8-9-21-16-7-2-1-4-12(11)16/h1-7,11,15,20H,8-10H2. The Morgan fingerprint density at radius 1 is 1.24 bits per heavy atom. The summed E-state index contributed by atoms with van der Waals surface area (Å²) in [6, 6.07) is 12.2. The Morgan fingerprint density at radius 2 is 2.05 bits per heavy atom. The average molecular weight is 307 g/mol. The molecule has 110 valence electrons. The highest BCUT2D eigenvalue weighted by Gasteiger charge is 2.26. The fraction of sp³-hybridized carbons (Fsp3) is 0.294. The summed E-state index contributed by atoms with van der Waals surface area (Å²) in [6.45, 7) is 0.611. The van der Waals surface area contributed by atoms with Gasteiger partial charge in [-0.3, -0.25) is 0 Å². The quantitative estimate of drug-likeness (QED) is 0.906. The molecule has 21 heavy (non-hydrogen) atoms. The van der Waals surface area contributed by atoms with Crippen LogP contribution in [0.25, 0.3) is 0 Å². The molecule has 1 heterocycles. The lowest BCUT2D eigenvalue weighted by molar-refractivity contribution is 0.141. The number of hydrogen-bond acceptors (Lipinski definition) is 2. The molecule has 0 radical (unpaired) electrons. The van der Waals surface area contributed by atoms with Gasteiger partial charge in [0.25, 0.3) is 0 Å². The van der Waals surface area contributed by atoms with Gasteiger partial charge in [-0.05, 0) is 42.5 Å². The van der Waals surface area contributed by atoms with Gasteiger partial charge in [0, 0.05) is 10.6 Å². The van der Waals surface area contributed by atoms with Crippen molar-refractivity contribution in [3.05, 3.63) is 64.4 Å². The molecular weight excluding hydrogens is 291 g/mol. The van der Waals surface area contributed by atoms with Crippen LogP contribution in [0.5, 0.6) is 5.75 Å². The molecule has 0 saturated heterocycles. The van der Waals surface area contributed by atoms with E-state index in [0.717, 1.165) is 17.7 Å². The molecule has 0 bridgehead atoms. The predicted molar refractivity (Wildman–Crippen MR) is 80.3 cm³/mol. The molecule has 3 rings (SSSR count). The van der Waals surface area contributed by atoms with E-state index in [-0.39, 0.29) is 16.5 Å². The Bertz CT molecular complexity index is 624. The summed E-state index contributed by atoms with van der Waals surface area (Å²) in [6.07, 6.45) is 0.316. The third-order valence-electron chi connectivity index (χ3n) is 3.92. The van der Waals surface area contributed by atoms with E-state index in [9.17, 15) is 9.50 Å². The molecule has 0 amide bonds. The van der Waals surface area contributed by atoms with Gasteiger partial charge >= 0.3 is 0 Å². The maximum absolute atomic E-state index is 13.9. The van der Waals surface area contributed by atoms with Crippen molar-refractivity contribution in [1.82, 2.24) is 0 Å². The second-order valence-electron chi connectivity index (χ2n) is 5.26. The monoisotopic (exact) mass is 306 g/mol. The van der Waals surface area contributed by atoms with Crippen molar-refractivity contribution in [2.45, 2.75) is 24.9 Å². The summed E-state index contributed by atoms with van der Waals surface area (Å²) >= 11 is 6.02. The van der Waals surface area contributed by atoms with Gasteiger partial charge in [-0.2, -0.15) is 0 Å². The molecule has 2 unspecified atom stereocenters. The maximum atomic E-state index is 13.9. The topological polar surface area (TPSA) is 29.5 Å². The molecule has 2 aromatic rings. The van der Waals surface area contributed by atoms with Crippen LogP contribution < -0.4 is 4.74 Å². The van der Waals surface area contributed by atoms with E-state index in [1.807, 2.05) is 24.3 Å². The summed E-state index contributed by atoms with van der Waals surface area (Å²) in [7, 11) is 0. The molecule has 0 aromatic heterocycles. The smallest absolute Gasteiger partial charge is 0.130 e. The Morgan fingerprint density at radius 3 is 2.86 bits per heavy atom. The highest BCUT2D eigenvalue weighted by Crippen LogP contribution is 2.40. The molecule has 0 saturated carbocycles. The van der Waals surface area contributed by atoms with Crippen molar-refractivity contribution < 1.29 is 14.2 Å². The summed E-state index contributed by atoms with van der Waals surface area (Å²) in [5.41, 5.74) is 1.25. The van der Waals surface area contributed by atoms with Crippen molar-refractivity contribution in [2.24, 2.45) is 0 Å². The van der Waals surface area contributed by atoms with Gasteiger partial charge in [0.05, 0.1) is 12.7 Å². The number of fused-ring (bicyclic) bond motifs is 1. The molecule has 1 aliphatic heterocycles. The minimum absolute atomic E-state index is 0.139. The van der Waals surface area contributed by atoms with Gasteiger partial charge in [-0.1, -0.05) is 35.9 Å². The second kappa shape index (κ2) is 6.04. The maximum Gasteiger partial charge on any atom is 0.130 e. The van der Waals surface area contributed by atoms with Crippen molar-refractivity contribution >= 4 is 11.6 Å². The number of hydrogen-bond donors (Lipinski definition) is 1. The van der Waals surface area contributed by atoms with Gasteiger partial charge in [-0.15, -0.1) is 0 Å². The summed E-state index contributed by atoms with van der Waals surface area (Å²) in [5, 5.41) is 10.7. The molecule has 2 atom stereocenters. The lowest BCUT2D eigenvalue weighted by Crippen LogP contribution is -2.17. The number of halogens is 2. The van der Waals surface area contributed by atoms with Crippen LogP contribution in [-0.4, -0.2) is 11.7 Å². The Kier molecular flexibility index (Phi) is 4.13. The summed E-state index contributed by atoms with van der Waals surface area (Å²) in [5.74, 6) is 0.525. The molecule has 1 aliphatic rings. The van der Waals surface area contributed by atoms with E-state index in [0.29, 0.717) is 13.0 Å². The highest BCUT2D eigenvalue weighted by atomic mass is 35.5. The first-order valence-corrected chi connectivity index (χ1v) is 7.38. The van der Waals surface area contributed by atoms with Crippen molar-refractivity contribution in [1.29, 1.82) is 0 Å². The number of benzene rings is 2. The second-order valence-corrected chi connectivity index (χ2v) is 5.67. The lowest BCUT2D eigenvalue weighted by atomic mass is 9.86. The van der Waals surface area contributed by atoms with Crippen molar-refractivity contribution in [3.63, 3.8) is 0 Å². The first-order valence-electron chi connectivity index (χ1n) is 7.00. The average Bonchev–Trinajstić information content (AvgIpc) is 2.47. The van der Waals surface area contributed by atoms with Crippen LogP contribution in [0, 0.1) is 5.82 Å².